The van der Waals surface area contributed by atoms with Gasteiger partial charge in [0.2, 0.25) is 0 Å². The molecule has 0 aromatic carbocycles. The summed E-state index contributed by atoms with van der Waals surface area (Å²) >= 11 is 0. The molecule has 0 amide bonds. The molecule has 0 aliphatic rings. The first kappa shape index (κ1) is 13.2. The van der Waals surface area contributed by atoms with E-state index in [-0.39, 0.29) is 0 Å². The molecule has 0 rings (SSSR count). The van der Waals surface area contributed by atoms with E-state index in [1.807, 2.05) is 7.05 Å². The third-order valence-corrected chi connectivity index (χ3v) is 2.79. The quantitative estimate of drug-likeness (QED) is 0.472. The lowest BCUT2D eigenvalue weighted by atomic mass is 9.98. The van der Waals surface area contributed by atoms with Crippen LogP contribution in [0.3, 0.4) is 0 Å². The highest BCUT2D eigenvalue weighted by Crippen LogP contribution is 2.12. The van der Waals surface area contributed by atoms with Crippen LogP contribution in [0.5, 0.6) is 0 Å². The summed E-state index contributed by atoms with van der Waals surface area (Å²) in [4.78, 5) is 4.33. The molecule has 0 heterocycles. The zero-order valence-electron chi connectivity index (χ0n) is 10.4. The van der Waals surface area contributed by atoms with Crippen LogP contribution in [0.4, 0.5) is 0 Å². The summed E-state index contributed by atoms with van der Waals surface area (Å²) in [6.45, 7) is 10.8. The SMILES string of the molecule is CC=C(C)/C(C)=C\C(=NC)C(C)CC. The van der Waals surface area contributed by atoms with Gasteiger partial charge in [-0.3, -0.25) is 4.99 Å². The smallest absolute Gasteiger partial charge is 0.0375 e. The zero-order chi connectivity index (χ0) is 11.1. The average Bonchev–Trinajstić information content (AvgIpc) is 2.22. The van der Waals surface area contributed by atoms with E-state index in [2.05, 4.69) is 51.8 Å². The standard InChI is InChI=1S/C13H23N/c1-7-10(3)12(5)9-13(14-6)11(4)8-2/h7,9,11H,8H2,1-6H3/b10-7?,12-9-,14-13?. The summed E-state index contributed by atoms with van der Waals surface area (Å²) in [5, 5.41) is 0. The van der Waals surface area contributed by atoms with Crippen LogP contribution in [0.25, 0.3) is 0 Å². The largest absolute Gasteiger partial charge is 0.293 e. The number of nitrogens with zero attached hydrogens (tertiary/aromatic N) is 1. The number of aliphatic imine (C=N–C) groups is 1. The van der Waals surface area contributed by atoms with Gasteiger partial charge in [0.25, 0.3) is 0 Å². The van der Waals surface area contributed by atoms with E-state index in [1.54, 1.807) is 0 Å². The summed E-state index contributed by atoms with van der Waals surface area (Å²) in [6.07, 6.45) is 5.48. The molecule has 80 valence electrons. The topological polar surface area (TPSA) is 12.4 Å². The third-order valence-electron chi connectivity index (χ3n) is 2.79. The van der Waals surface area contributed by atoms with Gasteiger partial charge in [-0.05, 0) is 44.8 Å². The van der Waals surface area contributed by atoms with Crippen LogP contribution in [0.1, 0.15) is 41.0 Å². The molecule has 1 heteroatoms. The minimum absolute atomic E-state index is 0.555. The summed E-state index contributed by atoms with van der Waals surface area (Å²) in [6, 6.07) is 0. The fourth-order valence-electron chi connectivity index (χ4n) is 1.20. The van der Waals surface area contributed by atoms with Crippen molar-refractivity contribution >= 4 is 5.71 Å². The normalized spacial score (nSPS) is 17.1. The number of allylic oxidation sites excluding steroid dienone is 4. The molecule has 0 spiro atoms. The summed E-state index contributed by atoms with van der Waals surface area (Å²) < 4.78 is 0. The predicted molar refractivity (Wildman–Crippen MR) is 66.0 cm³/mol. The minimum atomic E-state index is 0.555. The van der Waals surface area contributed by atoms with Crippen molar-refractivity contribution in [2.24, 2.45) is 10.9 Å². The fourth-order valence-corrected chi connectivity index (χ4v) is 1.20. The van der Waals surface area contributed by atoms with Crippen LogP contribution >= 0.6 is 0 Å². The molecule has 14 heavy (non-hydrogen) atoms. The summed E-state index contributed by atoms with van der Waals surface area (Å²) in [5.74, 6) is 0.555. The van der Waals surface area contributed by atoms with Crippen molar-refractivity contribution in [3.63, 3.8) is 0 Å². The highest BCUT2D eigenvalue weighted by Gasteiger charge is 2.05. The second kappa shape index (κ2) is 6.58. The Labute approximate surface area is 88.6 Å². The minimum Gasteiger partial charge on any atom is -0.293 e. The Balaban J connectivity index is 4.77. The van der Waals surface area contributed by atoms with Gasteiger partial charge < -0.3 is 0 Å². The van der Waals surface area contributed by atoms with E-state index in [1.165, 1.54) is 16.9 Å². The maximum absolute atomic E-state index is 4.33. The lowest BCUT2D eigenvalue weighted by Gasteiger charge is -2.10. The molecule has 1 nitrogen and oxygen atoms in total. The van der Waals surface area contributed by atoms with Crippen molar-refractivity contribution in [3.05, 3.63) is 23.3 Å². The van der Waals surface area contributed by atoms with Gasteiger partial charge >= 0.3 is 0 Å². The summed E-state index contributed by atoms with van der Waals surface area (Å²) in [5.41, 5.74) is 3.84. The Hall–Kier alpha value is -0.850. The Morgan fingerprint density at radius 2 is 1.86 bits per heavy atom. The van der Waals surface area contributed by atoms with Crippen molar-refractivity contribution in [1.82, 2.24) is 0 Å². The molecule has 0 fully saturated rings. The van der Waals surface area contributed by atoms with Crippen LogP contribution in [0.2, 0.25) is 0 Å². The second-order valence-electron chi connectivity index (χ2n) is 3.76. The molecule has 0 saturated carbocycles. The Morgan fingerprint density at radius 3 is 2.21 bits per heavy atom. The van der Waals surface area contributed by atoms with E-state index in [4.69, 9.17) is 0 Å². The molecule has 1 unspecified atom stereocenters. The highest BCUT2D eigenvalue weighted by atomic mass is 14.7. The molecule has 0 N–H and O–H groups in total. The van der Waals surface area contributed by atoms with Gasteiger partial charge in [-0.2, -0.15) is 0 Å². The van der Waals surface area contributed by atoms with Gasteiger partial charge in [-0.15, -0.1) is 0 Å². The maximum Gasteiger partial charge on any atom is 0.0375 e. The first-order chi connectivity index (χ1) is 6.56. The average molecular weight is 193 g/mol. The monoisotopic (exact) mass is 193 g/mol. The first-order valence-electron chi connectivity index (χ1n) is 5.35. The van der Waals surface area contributed by atoms with Crippen LogP contribution in [0.15, 0.2) is 28.3 Å². The molecule has 1 atom stereocenters. The maximum atomic E-state index is 4.33. The molecule has 0 aliphatic carbocycles. The predicted octanol–water partition coefficient (Wildman–Crippen LogP) is 4.02. The van der Waals surface area contributed by atoms with Gasteiger partial charge in [0.05, 0.1) is 0 Å². The molecule has 0 bridgehead atoms. The lowest BCUT2D eigenvalue weighted by Crippen LogP contribution is -2.07. The van der Waals surface area contributed by atoms with Crippen LogP contribution in [-0.2, 0) is 0 Å². The van der Waals surface area contributed by atoms with Crippen molar-refractivity contribution in [1.29, 1.82) is 0 Å². The first-order valence-corrected chi connectivity index (χ1v) is 5.35. The molecule has 0 aromatic rings. The molecule has 0 radical (unpaired) electrons. The molecular weight excluding hydrogens is 170 g/mol. The van der Waals surface area contributed by atoms with Gasteiger partial charge in [0.15, 0.2) is 0 Å². The Bertz CT molecular complexity index is 256. The van der Waals surface area contributed by atoms with E-state index in [0.29, 0.717) is 5.92 Å². The van der Waals surface area contributed by atoms with Crippen molar-refractivity contribution < 1.29 is 0 Å². The molecule has 0 aromatic heterocycles. The van der Waals surface area contributed by atoms with E-state index in [0.717, 1.165) is 6.42 Å². The van der Waals surface area contributed by atoms with Gasteiger partial charge in [0, 0.05) is 12.8 Å². The zero-order valence-corrected chi connectivity index (χ0v) is 10.4. The van der Waals surface area contributed by atoms with Gasteiger partial charge in [0.1, 0.15) is 0 Å². The Kier molecular flexibility index (Phi) is 6.18. The van der Waals surface area contributed by atoms with Crippen molar-refractivity contribution in [2.45, 2.75) is 41.0 Å². The fraction of sp³-hybridized carbons (Fsp3) is 0.615. The number of hydrogen-bond acceptors (Lipinski definition) is 1. The van der Waals surface area contributed by atoms with Crippen molar-refractivity contribution in [3.8, 4) is 0 Å². The van der Waals surface area contributed by atoms with Gasteiger partial charge in [-0.1, -0.05) is 25.5 Å². The molecular formula is C13H23N. The van der Waals surface area contributed by atoms with Gasteiger partial charge in [-0.25, -0.2) is 0 Å². The Morgan fingerprint density at radius 1 is 1.29 bits per heavy atom. The van der Waals surface area contributed by atoms with E-state index < -0.39 is 0 Å². The van der Waals surface area contributed by atoms with E-state index in [9.17, 15) is 0 Å². The summed E-state index contributed by atoms with van der Waals surface area (Å²) in [7, 11) is 1.87. The highest BCUT2D eigenvalue weighted by molar-refractivity contribution is 5.97. The number of hydrogen-bond donors (Lipinski definition) is 0. The third kappa shape index (κ3) is 3.91. The number of rotatable bonds is 4. The second-order valence-corrected chi connectivity index (χ2v) is 3.76. The molecule has 0 saturated heterocycles. The molecule has 0 aliphatic heterocycles. The lowest BCUT2D eigenvalue weighted by molar-refractivity contribution is 0.740. The van der Waals surface area contributed by atoms with Crippen LogP contribution < -0.4 is 0 Å². The van der Waals surface area contributed by atoms with Crippen LogP contribution in [0, 0.1) is 5.92 Å². The van der Waals surface area contributed by atoms with Crippen molar-refractivity contribution in [2.75, 3.05) is 7.05 Å². The van der Waals surface area contributed by atoms with Crippen LogP contribution in [-0.4, -0.2) is 12.8 Å². The van der Waals surface area contributed by atoms with E-state index >= 15 is 0 Å².